The molecule has 1 amide bonds. The van der Waals surface area contributed by atoms with Crippen molar-refractivity contribution in [1.82, 2.24) is 4.98 Å². The van der Waals surface area contributed by atoms with Crippen molar-refractivity contribution in [3.8, 4) is 0 Å². The van der Waals surface area contributed by atoms with Gasteiger partial charge < -0.3 is 9.73 Å². The zero-order chi connectivity index (χ0) is 15.0. The average Bonchev–Trinajstić information content (AvgIpc) is 2.86. The van der Waals surface area contributed by atoms with Crippen LogP contribution in [0.15, 0.2) is 45.4 Å². The smallest absolute Gasteiger partial charge is 0.291 e. The van der Waals surface area contributed by atoms with Gasteiger partial charge in [0.2, 0.25) is 0 Å². The fraction of sp³-hybridized carbons (Fsp3) is 0.0667. The maximum absolute atomic E-state index is 12.2. The molecular weight excluding hydrogens is 356 g/mol. The third-order valence-electron chi connectivity index (χ3n) is 2.95. The maximum Gasteiger partial charge on any atom is 0.291 e. The van der Waals surface area contributed by atoms with Crippen LogP contribution >= 0.6 is 27.5 Å². The minimum Gasteiger partial charge on any atom is -0.451 e. The second-order valence-electron chi connectivity index (χ2n) is 4.60. The SMILES string of the molecule is Cc1ccc2oc(C(=O)Nc3cc(Br)cnc3Cl)cc2c1. The Morgan fingerprint density at radius 3 is 2.95 bits per heavy atom. The molecule has 0 atom stereocenters. The Hall–Kier alpha value is -1.85. The first kappa shape index (κ1) is 14.1. The molecule has 106 valence electrons. The lowest BCUT2D eigenvalue weighted by atomic mass is 10.2. The summed E-state index contributed by atoms with van der Waals surface area (Å²) in [5, 5.41) is 3.79. The summed E-state index contributed by atoms with van der Waals surface area (Å²) in [6.45, 7) is 1.99. The van der Waals surface area contributed by atoms with Gasteiger partial charge in [0.15, 0.2) is 10.9 Å². The highest BCUT2D eigenvalue weighted by Gasteiger charge is 2.14. The number of furan rings is 1. The number of aromatic nitrogens is 1. The van der Waals surface area contributed by atoms with Gasteiger partial charge in [0.1, 0.15) is 5.58 Å². The molecule has 4 nitrogen and oxygen atoms in total. The number of amides is 1. The van der Waals surface area contributed by atoms with Gasteiger partial charge in [-0.25, -0.2) is 4.98 Å². The molecule has 0 bridgehead atoms. The molecular formula is C15H10BrClN2O2. The van der Waals surface area contributed by atoms with E-state index in [9.17, 15) is 4.79 Å². The number of rotatable bonds is 2. The van der Waals surface area contributed by atoms with Gasteiger partial charge in [0.05, 0.1) is 5.69 Å². The Balaban J connectivity index is 1.91. The Bertz CT molecular complexity index is 845. The lowest BCUT2D eigenvalue weighted by molar-refractivity contribution is 0.0998. The predicted molar refractivity (Wildman–Crippen MR) is 85.9 cm³/mol. The van der Waals surface area contributed by atoms with Crippen LogP contribution in [0.1, 0.15) is 16.1 Å². The van der Waals surface area contributed by atoms with Gasteiger partial charge in [-0.2, -0.15) is 0 Å². The number of carbonyl (C=O) groups is 1. The van der Waals surface area contributed by atoms with Crippen LogP contribution in [0, 0.1) is 6.92 Å². The molecule has 0 saturated carbocycles. The summed E-state index contributed by atoms with van der Waals surface area (Å²) in [4.78, 5) is 16.2. The number of nitrogens with one attached hydrogen (secondary N) is 1. The van der Waals surface area contributed by atoms with Gasteiger partial charge in [-0.3, -0.25) is 4.79 Å². The molecule has 6 heteroatoms. The second kappa shape index (κ2) is 5.50. The van der Waals surface area contributed by atoms with Crippen LogP contribution in [0.4, 0.5) is 5.69 Å². The molecule has 2 aromatic heterocycles. The van der Waals surface area contributed by atoms with E-state index < -0.39 is 0 Å². The van der Waals surface area contributed by atoms with Crippen LogP contribution in [0.5, 0.6) is 0 Å². The number of carbonyl (C=O) groups excluding carboxylic acids is 1. The topological polar surface area (TPSA) is 55.1 Å². The highest BCUT2D eigenvalue weighted by Crippen LogP contribution is 2.25. The minimum atomic E-state index is -0.370. The van der Waals surface area contributed by atoms with Gasteiger partial charge in [-0.1, -0.05) is 23.2 Å². The summed E-state index contributed by atoms with van der Waals surface area (Å²) in [5.74, 6) is -0.141. The zero-order valence-electron chi connectivity index (χ0n) is 11.0. The quantitative estimate of drug-likeness (QED) is 0.663. The number of hydrogen-bond acceptors (Lipinski definition) is 3. The number of fused-ring (bicyclic) bond motifs is 1. The molecule has 0 saturated heterocycles. The van der Waals surface area contributed by atoms with Crippen molar-refractivity contribution in [3.63, 3.8) is 0 Å². The van der Waals surface area contributed by atoms with Crippen molar-refractivity contribution in [2.75, 3.05) is 5.32 Å². The molecule has 0 spiro atoms. The Morgan fingerprint density at radius 2 is 2.14 bits per heavy atom. The summed E-state index contributed by atoms with van der Waals surface area (Å²) in [6, 6.07) is 9.12. The van der Waals surface area contributed by atoms with Crippen LogP contribution in [-0.4, -0.2) is 10.9 Å². The van der Waals surface area contributed by atoms with Crippen LogP contribution in [0.3, 0.4) is 0 Å². The van der Waals surface area contributed by atoms with E-state index in [4.69, 9.17) is 16.0 Å². The van der Waals surface area contributed by atoms with Gasteiger partial charge in [-0.15, -0.1) is 0 Å². The van der Waals surface area contributed by atoms with Crippen LogP contribution in [0.2, 0.25) is 5.15 Å². The molecule has 3 rings (SSSR count). The fourth-order valence-electron chi connectivity index (χ4n) is 1.97. The van der Waals surface area contributed by atoms with Crippen LogP contribution in [-0.2, 0) is 0 Å². The number of nitrogens with zero attached hydrogens (tertiary/aromatic N) is 1. The summed E-state index contributed by atoms with van der Waals surface area (Å²) >= 11 is 9.23. The van der Waals surface area contributed by atoms with Crippen molar-refractivity contribution >= 4 is 50.1 Å². The third kappa shape index (κ3) is 2.94. The Morgan fingerprint density at radius 1 is 1.33 bits per heavy atom. The minimum absolute atomic E-state index is 0.221. The van der Waals surface area contributed by atoms with Crippen LogP contribution in [0.25, 0.3) is 11.0 Å². The number of benzene rings is 1. The van der Waals surface area contributed by atoms with E-state index in [0.29, 0.717) is 11.3 Å². The van der Waals surface area contributed by atoms with Crippen LogP contribution < -0.4 is 5.32 Å². The molecule has 0 radical (unpaired) electrons. The lowest BCUT2D eigenvalue weighted by Gasteiger charge is -2.04. The number of pyridine rings is 1. The first-order chi connectivity index (χ1) is 10.0. The molecule has 21 heavy (non-hydrogen) atoms. The zero-order valence-corrected chi connectivity index (χ0v) is 13.3. The number of hydrogen-bond donors (Lipinski definition) is 1. The molecule has 1 aromatic carbocycles. The van der Waals surface area contributed by atoms with E-state index in [1.807, 2.05) is 25.1 Å². The van der Waals surface area contributed by atoms with E-state index in [2.05, 4.69) is 26.2 Å². The fourth-order valence-corrected chi connectivity index (χ4v) is 2.45. The highest BCUT2D eigenvalue weighted by atomic mass is 79.9. The average molecular weight is 366 g/mol. The highest BCUT2D eigenvalue weighted by molar-refractivity contribution is 9.10. The maximum atomic E-state index is 12.2. The molecule has 0 fully saturated rings. The normalized spacial score (nSPS) is 10.8. The second-order valence-corrected chi connectivity index (χ2v) is 5.87. The number of anilines is 1. The monoisotopic (exact) mass is 364 g/mol. The number of halogens is 2. The summed E-state index contributed by atoms with van der Waals surface area (Å²) < 4.78 is 6.26. The standard InChI is InChI=1S/C15H10BrClN2O2/c1-8-2-3-12-9(4-8)5-13(21-12)15(20)19-11-6-10(16)7-18-14(11)17/h2-7H,1H3,(H,19,20). The van der Waals surface area contributed by atoms with Gasteiger partial charge in [-0.05, 0) is 47.1 Å². The van der Waals surface area contributed by atoms with E-state index >= 15 is 0 Å². The first-order valence-electron chi connectivity index (χ1n) is 6.15. The molecule has 0 aliphatic heterocycles. The van der Waals surface area contributed by atoms with Gasteiger partial charge in [0, 0.05) is 16.1 Å². The summed E-state index contributed by atoms with van der Waals surface area (Å²) in [5.41, 5.74) is 2.20. The molecule has 0 aliphatic carbocycles. The van der Waals surface area contributed by atoms with E-state index in [1.165, 1.54) is 0 Å². The van der Waals surface area contributed by atoms with Crippen molar-refractivity contribution in [3.05, 3.63) is 57.5 Å². The first-order valence-corrected chi connectivity index (χ1v) is 7.32. The summed E-state index contributed by atoms with van der Waals surface area (Å²) in [7, 11) is 0. The molecule has 0 unspecified atom stereocenters. The predicted octanol–water partition coefficient (Wildman–Crippen LogP) is 4.80. The molecule has 1 N–H and O–H groups in total. The third-order valence-corrected chi connectivity index (χ3v) is 3.68. The lowest BCUT2D eigenvalue weighted by Crippen LogP contribution is -2.11. The molecule has 2 heterocycles. The molecule has 3 aromatic rings. The Kier molecular flexibility index (Phi) is 3.69. The van der Waals surface area contributed by atoms with Crippen molar-refractivity contribution in [2.45, 2.75) is 6.92 Å². The van der Waals surface area contributed by atoms with E-state index in [0.717, 1.165) is 15.4 Å². The van der Waals surface area contributed by atoms with Gasteiger partial charge in [0.25, 0.3) is 5.91 Å². The van der Waals surface area contributed by atoms with E-state index in [1.54, 1.807) is 18.3 Å². The number of aryl methyl sites for hydroxylation is 1. The largest absolute Gasteiger partial charge is 0.451 e. The van der Waals surface area contributed by atoms with Gasteiger partial charge >= 0.3 is 0 Å². The van der Waals surface area contributed by atoms with Crippen molar-refractivity contribution in [2.24, 2.45) is 0 Å². The summed E-state index contributed by atoms with van der Waals surface area (Å²) in [6.07, 6.45) is 1.56. The Labute approximate surface area is 134 Å². The van der Waals surface area contributed by atoms with Crippen molar-refractivity contribution < 1.29 is 9.21 Å². The van der Waals surface area contributed by atoms with E-state index in [-0.39, 0.29) is 16.8 Å². The molecule has 0 aliphatic rings. The van der Waals surface area contributed by atoms with Crippen molar-refractivity contribution in [1.29, 1.82) is 0 Å².